The average Bonchev–Trinajstić information content (AvgIpc) is 3.56. The summed E-state index contributed by atoms with van der Waals surface area (Å²) in [6, 6.07) is -0.301. The molecule has 2 aliphatic rings. The number of thiazole rings is 1. The van der Waals surface area contributed by atoms with E-state index in [0.717, 1.165) is 44.2 Å². The maximum absolute atomic E-state index is 12.9. The number of carbonyl (C=O) groups is 2. The normalized spacial score (nSPS) is 19.6. The molecule has 0 aliphatic carbocycles. The zero-order chi connectivity index (χ0) is 29.8. The van der Waals surface area contributed by atoms with Crippen LogP contribution in [0.15, 0.2) is 12.4 Å². The summed E-state index contributed by atoms with van der Waals surface area (Å²) in [5.74, 6) is -0.868. The van der Waals surface area contributed by atoms with Crippen LogP contribution >= 0.6 is 34.5 Å². The van der Waals surface area contributed by atoms with Crippen LogP contribution in [0.25, 0.3) is 11.4 Å². The lowest BCUT2D eigenvalue weighted by molar-refractivity contribution is 0.0398. The fourth-order valence-corrected chi connectivity index (χ4v) is 6.30. The van der Waals surface area contributed by atoms with E-state index in [-0.39, 0.29) is 39.3 Å². The van der Waals surface area contributed by atoms with E-state index in [0.29, 0.717) is 53.4 Å². The van der Waals surface area contributed by atoms with Crippen LogP contribution in [0.4, 0.5) is 10.9 Å². The molecule has 1 amide bonds. The quantitative estimate of drug-likeness (QED) is 0.259. The predicted octanol–water partition coefficient (Wildman–Crippen LogP) is 3.01. The number of aryl methyl sites for hydroxylation is 1. The number of amides is 1. The van der Waals surface area contributed by atoms with Gasteiger partial charge in [-0.1, -0.05) is 34.5 Å². The number of hydrogen-bond donors (Lipinski definition) is 4. The first-order chi connectivity index (χ1) is 20.2. The summed E-state index contributed by atoms with van der Waals surface area (Å²) in [5, 5.41) is 17.2. The highest BCUT2D eigenvalue weighted by Gasteiger charge is 2.34. The first-order valence-corrected chi connectivity index (χ1v) is 15.0. The van der Waals surface area contributed by atoms with Gasteiger partial charge in [-0.15, -0.1) is 0 Å². The first-order valence-electron chi connectivity index (χ1n) is 13.5. The second kappa shape index (κ2) is 13.5. The molecule has 42 heavy (non-hydrogen) atoms. The minimum Gasteiger partial charge on any atom is -0.477 e. The van der Waals surface area contributed by atoms with Gasteiger partial charge < -0.3 is 35.1 Å². The Bertz CT molecular complexity index is 1410. The fourth-order valence-electron chi connectivity index (χ4n) is 4.93. The van der Waals surface area contributed by atoms with Crippen LogP contribution in [-0.4, -0.2) is 114 Å². The van der Waals surface area contributed by atoms with Gasteiger partial charge >= 0.3 is 5.97 Å². The van der Waals surface area contributed by atoms with E-state index in [1.165, 1.54) is 6.20 Å². The van der Waals surface area contributed by atoms with Crippen LogP contribution in [0.3, 0.4) is 0 Å². The number of carboxylic acid groups (broad SMARTS) is 1. The van der Waals surface area contributed by atoms with Crippen molar-refractivity contribution in [2.24, 2.45) is 0 Å². The lowest BCUT2D eigenvalue weighted by atomic mass is 10.0. The first kappa shape index (κ1) is 30.4. The SMILES string of the molecule is CO[C@H]1CN(c2nc(-c3cnc(NCCN4CCOCC4)cn3)c(C(=O)O)s2)CC[C@H]1NC(=O)c1[nH]c(C)c(Cl)c1Cl. The summed E-state index contributed by atoms with van der Waals surface area (Å²) in [6.45, 7) is 7.53. The predicted molar refractivity (Wildman–Crippen MR) is 160 cm³/mol. The largest absolute Gasteiger partial charge is 0.477 e. The minimum atomic E-state index is -1.09. The van der Waals surface area contributed by atoms with Crippen LogP contribution in [0.2, 0.25) is 10.0 Å². The average molecular weight is 640 g/mol. The molecule has 3 aromatic rings. The number of piperidine rings is 1. The Morgan fingerprint density at radius 3 is 2.64 bits per heavy atom. The Hall–Kier alpha value is -3.01. The van der Waals surface area contributed by atoms with Gasteiger partial charge in [0.05, 0.1) is 47.8 Å². The number of carbonyl (C=O) groups excluding carboxylic acids is 1. The standard InChI is InChI=1S/C26H32Cl2N8O5S/c1-14-19(27)20(28)22(32-14)24(37)33-15-3-5-36(13-17(15)40-2)26-34-21(23(42-26)25(38)39)16-11-31-18(12-30-16)29-4-6-35-7-9-41-10-8-35/h11-12,15,17,32H,3-10,13H2,1-2H3,(H,29,31)(H,33,37)(H,38,39)/t15-,17+/m1/s1. The number of anilines is 2. The van der Waals surface area contributed by atoms with E-state index in [9.17, 15) is 14.7 Å². The molecule has 2 saturated heterocycles. The summed E-state index contributed by atoms with van der Waals surface area (Å²) in [6.07, 6.45) is 3.27. The third-order valence-corrected chi connectivity index (χ3v) is 9.32. The van der Waals surface area contributed by atoms with Crippen LogP contribution in [0.1, 0.15) is 32.3 Å². The molecule has 226 valence electrons. The molecule has 0 spiro atoms. The second-order valence-electron chi connectivity index (χ2n) is 9.99. The van der Waals surface area contributed by atoms with E-state index in [1.54, 1.807) is 20.2 Å². The molecule has 13 nitrogen and oxygen atoms in total. The van der Waals surface area contributed by atoms with Gasteiger partial charge in [0.1, 0.15) is 27.8 Å². The summed E-state index contributed by atoms with van der Waals surface area (Å²) in [5.41, 5.74) is 1.44. The molecular formula is C26H32Cl2N8O5S. The fraction of sp³-hybridized carbons (Fsp3) is 0.500. The van der Waals surface area contributed by atoms with Crippen LogP contribution < -0.4 is 15.5 Å². The number of carboxylic acids is 1. The Morgan fingerprint density at radius 2 is 2.00 bits per heavy atom. The van der Waals surface area contributed by atoms with E-state index in [4.69, 9.17) is 32.7 Å². The van der Waals surface area contributed by atoms with E-state index in [1.807, 2.05) is 4.90 Å². The van der Waals surface area contributed by atoms with Gasteiger partial charge in [0.25, 0.3) is 5.91 Å². The summed E-state index contributed by atoms with van der Waals surface area (Å²) in [4.78, 5) is 45.8. The van der Waals surface area contributed by atoms with E-state index >= 15 is 0 Å². The number of hydrogen-bond acceptors (Lipinski definition) is 11. The number of halogens is 2. The van der Waals surface area contributed by atoms with Crippen LogP contribution in [-0.2, 0) is 9.47 Å². The monoisotopic (exact) mass is 638 g/mol. The van der Waals surface area contributed by atoms with Crippen molar-refractivity contribution in [1.29, 1.82) is 0 Å². The van der Waals surface area contributed by atoms with Crippen molar-refractivity contribution in [3.05, 3.63) is 38.7 Å². The zero-order valence-corrected chi connectivity index (χ0v) is 25.5. The maximum Gasteiger partial charge on any atom is 0.348 e. The highest BCUT2D eigenvalue weighted by molar-refractivity contribution is 7.17. The number of nitrogens with one attached hydrogen (secondary N) is 3. The topological polar surface area (TPSA) is 158 Å². The van der Waals surface area contributed by atoms with Gasteiger partial charge in [-0.05, 0) is 13.3 Å². The molecule has 0 aromatic carbocycles. The van der Waals surface area contributed by atoms with Gasteiger partial charge in [-0.2, -0.15) is 0 Å². The third-order valence-electron chi connectivity index (χ3n) is 7.27. The number of H-pyrrole nitrogens is 1. The molecule has 4 N–H and O–H groups in total. The van der Waals surface area contributed by atoms with Crippen LogP contribution in [0.5, 0.6) is 0 Å². The highest BCUT2D eigenvalue weighted by Crippen LogP contribution is 2.34. The van der Waals surface area contributed by atoms with Gasteiger partial charge in [0.2, 0.25) is 0 Å². The van der Waals surface area contributed by atoms with Crippen molar-refractivity contribution in [2.45, 2.75) is 25.5 Å². The number of morpholine rings is 1. The highest BCUT2D eigenvalue weighted by atomic mass is 35.5. The van der Waals surface area contributed by atoms with E-state index in [2.05, 4.69) is 35.5 Å². The molecule has 2 atom stereocenters. The molecule has 5 heterocycles. The van der Waals surface area contributed by atoms with Crippen molar-refractivity contribution < 1.29 is 24.2 Å². The summed E-state index contributed by atoms with van der Waals surface area (Å²) < 4.78 is 11.1. The molecule has 0 saturated carbocycles. The zero-order valence-electron chi connectivity index (χ0n) is 23.2. The van der Waals surface area contributed by atoms with Gasteiger partial charge in [-0.3, -0.25) is 9.69 Å². The number of aromatic amines is 1. The molecule has 2 aliphatic heterocycles. The number of methoxy groups -OCH3 is 1. The number of nitrogens with zero attached hydrogens (tertiary/aromatic N) is 5. The Labute approximate surface area is 256 Å². The van der Waals surface area contributed by atoms with Crippen molar-refractivity contribution in [2.75, 3.05) is 69.8 Å². The van der Waals surface area contributed by atoms with Crippen LogP contribution in [0, 0.1) is 6.92 Å². The number of aromatic carboxylic acids is 1. The molecule has 16 heteroatoms. The molecule has 0 radical (unpaired) electrons. The second-order valence-corrected chi connectivity index (χ2v) is 11.7. The van der Waals surface area contributed by atoms with E-state index < -0.39 is 5.97 Å². The Balaban J connectivity index is 1.23. The molecule has 0 unspecified atom stereocenters. The molecule has 5 rings (SSSR count). The smallest absolute Gasteiger partial charge is 0.348 e. The summed E-state index contributed by atoms with van der Waals surface area (Å²) >= 11 is 13.4. The lowest BCUT2D eigenvalue weighted by Gasteiger charge is -2.37. The number of ether oxygens (including phenoxy) is 2. The maximum atomic E-state index is 12.9. The van der Waals surface area contributed by atoms with Gasteiger partial charge in [0, 0.05) is 52.1 Å². The number of rotatable bonds is 10. The molecule has 0 bridgehead atoms. The van der Waals surface area contributed by atoms with Crippen molar-refractivity contribution in [1.82, 2.24) is 30.2 Å². The van der Waals surface area contributed by atoms with Crippen molar-refractivity contribution in [3.8, 4) is 11.4 Å². The lowest BCUT2D eigenvalue weighted by Crippen LogP contribution is -2.55. The van der Waals surface area contributed by atoms with Crippen molar-refractivity contribution >= 4 is 57.4 Å². The minimum absolute atomic E-state index is 0.0744. The summed E-state index contributed by atoms with van der Waals surface area (Å²) in [7, 11) is 1.57. The Kier molecular flexibility index (Phi) is 9.81. The Morgan fingerprint density at radius 1 is 1.21 bits per heavy atom. The van der Waals surface area contributed by atoms with Gasteiger partial charge in [0.15, 0.2) is 5.13 Å². The molecule has 2 fully saturated rings. The van der Waals surface area contributed by atoms with Gasteiger partial charge in [-0.25, -0.2) is 19.7 Å². The molecule has 3 aromatic heterocycles. The molecular weight excluding hydrogens is 607 g/mol. The number of aromatic nitrogens is 4. The third kappa shape index (κ3) is 6.79. The van der Waals surface area contributed by atoms with Crippen molar-refractivity contribution in [3.63, 3.8) is 0 Å².